The molecular formula is C28H29N3O5S. The van der Waals surface area contributed by atoms with E-state index in [1.807, 2.05) is 24.3 Å². The molecule has 37 heavy (non-hydrogen) atoms. The minimum atomic E-state index is -3.84. The minimum absolute atomic E-state index is 0.0243. The predicted octanol–water partition coefficient (Wildman–Crippen LogP) is 4.63. The molecule has 1 heterocycles. The van der Waals surface area contributed by atoms with Gasteiger partial charge in [0.05, 0.1) is 25.4 Å². The number of hydrazone groups is 1. The summed E-state index contributed by atoms with van der Waals surface area (Å²) in [6, 6.07) is 21.1. The maximum atomic E-state index is 12.6. The first-order valence-corrected chi connectivity index (χ1v) is 13.2. The molecule has 0 radical (unpaired) electrons. The summed E-state index contributed by atoms with van der Waals surface area (Å²) in [6.07, 6.45) is 1.59. The quantitative estimate of drug-likeness (QED) is 0.256. The third-order valence-corrected chi connectivity index (χ3v) is 7.17. The fraction of sp³-hybridized carbons (Fsp3) is 0.250. The number of nitrogens with zero attached hydrogens (tertiary/aromatic N) is 3. The van der Waals surface area contributed by atoms with Crippen LogP contribution in [0.3, 0.4) is 0 Å². The normalized spacial score (nSPS) is 14.2. The van der Waals surface area contributed by atoms with Crippen molar-refractivity contribution in [3.8, 4) is 5.75 Å². The van der Waals surface area contributed by atoms with Crippen molar-refractivity contribution >= 4 is 28.0 Å². The molecule has 3 aromatic rings. The molecule has 0 unspecified atom stereocenters. The van der Waals surface area contributed by atoms with Gasteiger partial charge in [-0.3, -0.25) is 0 Å². The summed E-state index contributed by atoms with van der Waals surface area (Å²) < 4.78 is 39.9. The van der Waals surface area contributed by atoms with Gasteiger partial charge in [-0.05, 0) is 65.1 Å². The fourth-order valence-electron chi connectivity index (χ4n) is 3.73. The predicted molar refractivity (Wildman–Crippen MR) is 143 cm³/mol. The second-order valence-corrected chi connectivity index (χ2v) is 11.1. The number of hydrogen-bond donors (Lipinski definition) is 0. The van der Waals surface area contributed by atoms with Crippen LogP contribution in [0.15, 0.2) is 87.2 Å². The molecule has 0 saturated heterocycles. The van der Waals surface area contributed by atoms with Crippen LogP contribution in [-0.4, -0.2) is 51.7 Å². The average Bonchev–Trinajstić information content (AvgIpc) is 3.16. The summed E-state index contributed by atoms with van der Waals surface area (Å²) in [7, 11) is -2.26. The Morgan fingerprint density at radius 2 is 1.68 bits per heavy atom. The molecule has 0 saturated carbocycles. The fourth-order valence-corrected chi connectivity index (χ4v) is 4.94. The molecule has 8 nitrogen and oxygen atoms in total. The van der Waals surface area contributed by atoms with Crippen molar-refractivity contribution in [2.75, 3.05) is 20.3 Å². The average molecular weight is 520 g/mol. The van der Waals surface area contributed by atoms with Crippen LogP contribution in [0.2, 0.25) is 0 Å². The zero-order valence-electron chi connectivity index (χ0n) is 21.2. The Morgan fingerprint density at radius 1 is 1.00 bits per heavy atom. The van der Waals surface area contributed by atoms with E-state index in [1.54, 1.807) is 55.8 Å². The van der Waals surface area contributed by atoms with Gasteiger partial charge in [0.25, 0.3) is 10.0 Å². The van der Waals surface area contributed by atoms with E-state index in [0.29, 0.717) is 16.9 Å². The molecule has 0 amide bonds. The summed E-state index contributed by atoms with van der Waals surface area (Å²) in [5.74, 6) is 0.406. The van der Waals surface area contributed by atoms with E-state index in [2.05, 4.69) is 30.3 Å². The van der Waals surface area contributed by atoms with E-state index in [4.69, 9.17) is 9.47 Å². The van der Waals surface area contributed by atoms with Gasteiger partial charge in [0, 0.05) is 5.56 Å². The van der Waals surface area contributed by atoms with Crippen LogP contribution < -0.4 is 4.74 Å². The molecule has 0 aliphatic carbocycles. The van der Waals surface area contributed by atoms with Crippen LogP contribution in [0.25, 0.3) is 0 Å². The van der Waals surface area contributed by atoms with Gasteiger partial charge in [-0.1, -0.05) is 45.0 Å². The van der Waals surface area contributed by atoms with Crippen molar-refractivity contribution in [2.24, 2.45) is 9.50 Å². The Morgan fingerprint density at radius 3 is 2.32 bits per heavy atom. The largest absolute Gasteiger partial charge is 0.497 e. The Bertz CT molecular complexity index is 1440. The highest BCUT2D eigenvalue weighted by atomic mass is 32.2. The van der Waals surface area contributed by atoms with Crippen molar-refractivity contribution in [2.45, 2.75) is 31.1 Å². The van der Waals surface area contributed by atoms with Crippen LogP contribution in [0, 0.1) is 0 Å². The zero-order chi connectivity index (χ0) is 26.6. The van der Waals surface area contributed by atoms with Gasteiger partial charge in [-0.15, -0.1) is 4.40 Å². The van der Waals surface area contributed by atoms with Gasteiger partial charge in [0.2, 0.25) is 0 Å². The van der Waals surface area contributed by atoms with Crippen molar-refractivity contribution in [3.63, 3.8) is 0 Å². The standard InChI is InChI=1S/C28H29N3O5S/c1-28(2,3)22-13-11-21(12-14-22)27(32)36-18-17-31(29-19-20-9-15-23(35-4)16-10-20)26-24-7-5-6-8-25(24)37(33,34)30-26/h5-16,19H,17-18H2,1-4H3. The number of methoxy groups -OCH3 is 1. The van der Waals surface area contributed by atoms with Gasteiger partial charge in [-0.25, -0.2) is 9.80 Å². The number of amidine groups is 1. The molecule has 192 valence electrons. The second kappa shape index (κ2) is 10.6. The molecule has 4 rings (SSSR count). The smallest absolute Gasteiger partial charge is 0.338 e. The van der Waals surface area contributed by atoms with E-state index in [9.17, 15) is 13.2 Å². The number of hydrogen-bond acceptors (Lipinski definition) is 7. The van der Waals surface area contributed by atoms with Crippen LogP contribution >= 0.6 is 0 Å². The maximum Gasteiger partial charge on any atom is 0.338 e. The van der Waals surface area contributed by atoms with Crippen molar-refractivity contribution in [1.29, 1.82) is 0 Å². The van der Waals surface area contributed by atoms with Gasteiger partial charge in [0.1, 0.15) is 17.3 Å². The number of fused-ring (bicyclic) bond motifs is 1. The van der Waals surface area contributed by atoms with E-state index >= 15 is 0 Å². The number of benzene rings is 3. The molecule has 0 bridgehead atoms. The van der Waals surface area contributed by atoms with Crippen molar-refractivity contribution < 1.29 is 22.7 Å². The highest BCUT2D eigenvalue weighted by Crippen LogP contribution is 2.28. The number of sulfonamides is 1. The third-order valence-electron chi connectivity index (χ3n) is 5.84. The lowest BCUT2D eigenvalue weighted by Gasteiger charge is -2.20. The number of ether oxygens (including phenoxy) is 2. The van der Waals surface area contributed by atoms with Crippen molar-refractivity contribution in [1.82, 2.24) is 5.01 Å². The lowest BCUT2D eigenvalue weighted by Crippen LogP contribution is -2.30. The Balaban J connectivity index is 1.53. The Hall–Kier alpha value is -3.98. The Kier molecular flexibility index (Phi) is 7.45. The lowest BCUT2D eigenvalue weighted by molar-refractivity contribution is 0.0487. The molecule has 0 aromatic heterocycles. The summed E-state index contributed by atoms with van der Waals surface area (Å²) >= 11 is 0. The molecule has 1 aliphatic rings. The molecule has 3 aromatic carbocycles. The van der Waals surface area contributed by atoms with Gasteiger partial charge in [-0.2, -0.15) is 13.5 Å². The monoisotopic (exact) mass is 519 g/mol. The first-order chi connectivity index (χ1) is 17.6. The summed E-state index contributed by atoms with van der Waals surface area (Å²) in [5, 5.41) is 5.92. The summed E-state index contributed by atoms with van der Waals surface area (Å²) in [6.45, 7) is 6.38. The highest BCUT2D eigenvalue weighted by molar-refractivity contribution is 7.90. The summed E-state index contributed by atoms with van der Waals surface area (Å²) in [4.78, 5) is 12.7. The highest BCUT2D eigenvalue weighted by Gasteiger charge is 2.31. The van der Waals surface area contributed by atoms with Crippen molar-refractivity contribution in [3.05, 3.63) is 95.1 Å². The SMILES string of the molecule is COc1ccc(C=NN(CCOC(=O)c2ccc(C(C)(C)C)cc2)C2=NS(=O)(=O)c3ccccc32)cc1. The molecule has 0 atom stereocenters. The minimum Gasteiger partial charge on any atom is -0.497 e. The number of carbonyl (C=O) groups excluding carboxylic acids is 1. The van der Waals surface area contributed by atoms with E-state index < -0.39 is 16.0 Å². The van der Waals surface area contributed by atoms with E-state index in [-0.39, 0.29) is 29.3 Å². The summed E-state index contributed by atoms with van der Waals surface area (Å²) in [5.41, 5.74) is 2.74. The zero-order valence-corrected chi connectivity index (χ0v) is 22.0. The first-order valence-electron chi connectivity index (χ1n) is 11.8. The first kappa shape index (κ1) is 26.1. The molecule has 0 fully saturated rings. The van der Waals surface area contributed by atoms with Gasteiger partial charge < -0.3 is 9.47 Å². The van der Waals surface area contributed by atoms with Gasteiger partial charge in [0.15, 0.2) is 5.84 Å². The Labute approximate surface area is 217 Å². The molecule has 0 N–H and O–H groups in total. The molecule has 9 heteroatoms. The topological polar surface area (TPSA) is 97.6 Å². The van der Waals surface area contributed by atoms with Gasteiger partial charge >= 0.3 is 5.97 Å². The third kappa shape index (κ3) is 6.06. The number of carbonyl (C=O) groups is 1. The van der Waals surface area contributed by atoms with Crippen LogP contribution in [0.5, 0.6) is 5.75 Å². The second-order valence-electron chi connectivity index (χ2n) is 9.49. The molecule has 1 aliphatic heterocycles. The number of rotatable bonds is 7. The van der Waals surface area contributed by atoms with Crippen LogP contribution in [-0.2, 0) is 20.2 Å². The maximum absolute atomic E-state index is 12.6. The van der Waals surface area contributed by atoms with Crippen LogP contribution in [0.4, 0.5) is 0 Å². The molecule has 0 spiro atoms. The van der Waals surface area contributed by atoms with Crippen LogP contribution in [0.1, 0.15) is 47.8 Å². The van der Waals surface area contributed by atoms with E-state index in [0.717, 1.165) is 11.1 Å². The lowest BCUT2D eigenvalue weighted by atomic mass is 9.87. The van der Waals surface area contributed by atoms with E-state index in [1.165, 1.54) is 11.1 Å². The number of esters is 1. The molecular weight excluding hydrogens is 490 g/mol.